The van der Waals surface area contributed by atoms with Gasteiger partial charge in [0.05, 0.1) is 12.2 Å². The first-order chi connectivity index (χ1) is 8.85. The molecular weight excluding hydrogens is 224 g/mol. The number of nitrogens with one attached hydrogen (secondary N) is 1. The van der Waals surface area contributed by atoms with Crippen LogP contribution in [0, 0.1) is 0 Å². The molecule has 0 aliphatic heterocycles. The number of imidazole rings is 1. The van der Waals surface area contributed by atoms with Gasteiger partial charge in [0.25, 0.3) is 0 Å². The third-order valence-corrected chi connectivity index (χ3v) is 2.99. The summed E-state index contributed by atoms with van der Waals surface area (Å²) in [7, 11) is 0. The monoisotopic (exact) mass is 244 g/mol. The fraction of sp³-hybridized carbons (Fsp3) is 0.429. The first kappa shape index (κ1) is 12.8. The minimum Gasteiger partial charge on any atom is -0.329 e. The van der Waals surface area contributed by atoms with Gasteiger partial charge in [0.2, 0.25) is 0 Å². The molecule has 2 heterocycles. The second kappa shape index (κ2) is 6.31. The average molecular weight is 244 g/mol. The lowest BCUT2D eigenvalue weighted by Crippen LogP contribution is -2.15. The summed E-state index contributed by atoms with van der Waals surface area (Å²) in [6.45, 7) is 6.87. The third kappa shape index (κ3) is 2.96. The molecule has 0 aliphatic rings. The van der Waals surface area contributed by atoms with Gasteiger partial charge in [-0.2, -0.15) is 0 Å². The third-order valence-electron chi connectivity index (χ3n) is 2.99. The Labute approximate surface area is 108 Å². The zero-order valence-corrected chi connectivity index (χ0v) is 11.1. The van der Waals surface area contributed by atoms with E-state index >= 15 is 0 Å². The average Bonchev–Trinajstić information content (AvgIpc) is 2.85. The predicted molar refractivity (Wildman–Crippen MR) is 72.3 cm³/mol. The van der Waals surface area contributed by atoms with Crippen molar-refractivity contribution in [3.05, 3.63) is 47.8 Å². The summed E-state index contributed by atoms with van der Waals surface area (Å²) in [5.41, 5.74) is 2.38. The fourth-order valence-electron chi connectivity index (χ4n) is 1.99. The van der Waals surface area contributed by atoms with Crippen molar-refractivity contribution in [1.29, 1.82) is 0 Å². The van der Waals surface area contributed by atoms with E-state index in [9.17, 15) is 0 Å². The summed E-state index contributed by atoms with van der Waals surface area (Å²) in [5, 5.41) is 3.35. The summed E-state index contributed by atoms with van der Waals surface area (Å²) in [6.07, 6.45) is 6.67. The molecule has 0 radical (unpaired) electrons. The van der Waals surface area contributed by atoms with Gasteiger partial charge >= 0.3 is 0 Å². The summed E-state index contributed by atoms with van der Waals surface area (Å²) < 4.78 is 2.16. The van der Waals surface area contributed by atoms with Crippen molar-refractivity contribution in [2.45, 2.75) is 33.4 Å². The van der Waals surface area contributed by atoms with Crippen LogP contribution in [0.3, 0.4) is 0 Å². The maximum atomic E-state index is 4.49. The Bertz CT molecular complexity index is 490. The lowest BCUT2D eigenvalue weighted by molar-refractivity contribution is 0.679. The molecule has 4 nitrogen and oxygen atoms in total. The Morgan fingerprint density at radius 3 is 2.89 bits per heavy atom. The molecule has 0 saturated carbocycles. The molecular formula is C14H20N4. The van der Waals surface area contributed by atoms with Gasteiger partial charge in [-0.1, -0.05) is 19.9 Å². The zero-order chi connectivity index (χ0) is 12.8. The van der Waals surface area contributed by atoms with E-state index < -0.39 is 0 Å². The molecule has 0 aromatic carbocycles. The lowest BCUT2D eigenvalue weighted by atomic mass is 10.2. The van der Waals surface area contributed by atoms with Crippen molar-refractivity contribution in [1.82, 2.24) is 19.9 Å². The number of aromatic nitrogens is 3. The normalized spacial score (nSPS) is 10.8. The van der Waals surface area contributed by atoms with E-state index in [1.807, 2.05) is 24.7 Å². The molecule has 0 fully saturated rings. The molecule has 2 aromatic heterocycles. The summed E-state index contributed by atoms with van der Waals surface area (Å²) in [4.78, 5) is 8.84. The second-order valence-corrected chi connectivity index (χ2v) is 4.21. The van der Waals surface area contributed by atoms with Gasteiger partial charge in [-0.25, -0.2) is 4.98 Å². The highest BCUT2D eigenvalue weighted by Gasteiger charge is 2.06. The van der Waals surface area contributed by atoms with E-state index in [4.69, 9.17) is 0 Å². The SMILES string of the molecule is CCNCc1cccnc1Cn1ccnc1CC. The summed E-state index contributed by atoms with van der Waals surface area (Å²) >= 11 is 0. The Morgan fingerprint density at radius 2 is 2.11 bits per heavy atom. The largest absolute Gasteiger partial charge is 0.329 e. The molecule has 0 atom stereocenters. The minimum atomic E-state index is 0.796. The molecule has 0 unspecified atom stereocenters. The topological polar surface area (TPSA) is 42.7 Å². The molecule has 18 heavy (non-hydrogen) atoms. The van der Waals surface area contributed by atoms with Crippen LogP contribution in [0.25, 0.3) is 0 Å². The van der Waals surface area contributed by atoms with E-state index in [1.165, 1.54) is 5.56 Å². The number of hydrogen-bond donors (Lipinski definition) is 1. The van der Waals surface area contributed by atoms with Gasteiger partial charge in [0.15, 0.2) is 0 Å². The van der Waals surface area contributed by atoms with Crippen molar-refractivity contribution in [3.63, 3.8) is 0 Å². The van der Waals surface area contributed by atoms with Crippen LogP contribution in [0.5, 0.6) is 0 Å². The smallest absolute Gasteiger partial charge is 0.108 e. The molecule has 0 saturated heterocycles. The molecule has 0 amide bonds. The van der Waals surface area contributed by atoms with Gasteiger partial charge < -0.3 is 9.88 Å². The maximum absolute atomic E-state index is 4.49. The zero-order valence-electron chi connectivity index (χ0n) is 11.1. The molecule has 2 rings (SSSR count). The standard InChI is InChI=1S/C14H20N4/c1-3-14-17-8-9-18(14)11-13-12(10-15-4-2)6-5-7-16-13/h5-9,15H,3-4,10-11H2,1-2H3. The van der Waals surface area contributed by atoms with Crippen molar-refractivity contribution in [3.8, 4) is 0 Å². The predicted octanol–water partition coefficient (Wildman–Crippen LogP) is 2.00. The number of hydrogen-bond acceptors (Lipinski definition) is 3. The number of nitrogens with zero attached hydrogens (tertiary/aromatic N) is 3. The first-order valence-electron chi connectivity index (χ1n) is 6.48. The molecule has 96 valence electrons. The number of pyridine rings is 1. The fourth-order valence-corrected chi connectivity index (χ4v) is 1.99. The molecule has 4 heteroatoms. The minimum absolute atomic E-state index is 0.796. The van der Waals surface area contributed by atoms with Crippen LogP contribution in [-0.2, 0) is 19.5 Å². The molecule has 1 N–H and O–H groups in total. The highest BCUT2D eigenvalue weighted by Crippen LogP contribution is 2.09. The Kier molecular flexibility index (Phi) is 4.47. The van der Waals surface area contributed by atoms with E-state index in [1.54, 1.807) is 0 Å². The van der Waals surface area contributed by atoms with E-state index in [2.05, 4.69) is 39.8 Å². The van der Waals surface area contributed by atoms with Crippen LogP contribution in [0.2, 0.25) is 0 Å². The lowest BCUT2D eigenvalue weighted by Gasteiger charge is -2.11. The molecule has 0 aliphatic carbocycles. The van der Waals surface area contributed by atoms with Crippen molar-refractivity contribution in [2.24, 2.45) is 0 Å². The number of aryl methyl sites for hydroxylation is 1. The summed E-state index contributed by atoms with van der Waals surface area (Å²) in [6, 6.07) is 4.12. The van der Waals surface area contributed by atoms with Crippen LogP contribution in [0.15, 0.2) is 30.7 Å². The van der Waals surface area contributed by atoms with Crippen molar-refractivity contribution >= 4 is 0 Å². The molecule has 2 aromatic rings. The van der Waals surface area contributed by atoms with Crippen LogP contribution in [0.1, 0.15) is 30.9 Å². The van der Waals surface area contributed by atoms with E-state index in [-0.39, 0.29) is 0 Å². The quantitative estimate of drug-likeness (QED) is 0.845. The van der Waals surface area contributed by atoms with Crippen LogP contribution in [0.4, 0.5) is 0 Å². The Balaban J connectivity index is 2.18. The Hall–Kier alpha value is -1.68. The maximum Gasteiger partial charge on any atom is 0.108 e. The summed E-state index contributed by atoms with van der Waals surface area (Å²) in [5.74, 6) is 1.11. The van der Waals surface area contributed by atoms with E-state index in [0.29, 0.717) is 0 Å². The second-order valence-electron chi connectivity index (χ2n) is 4.21. The van der Waals surface area contributed by atoms with Gasteiger partial charge in [-0.15, -0.1) is 0 Å². The highest BCUT2D eigenvalue weighted by atomic mass is 15.1. The molecule has 0 bridgehead atoms. The van der Waals surface area contributed by atoms with Crippen LogP contribution >= 0.6 is 0 Å². The van der Waals surface area contributed by atoms with Gasteiger partial charge in [0.1, 0.15) is 5.82 Å². The van der Waals surface area contributed by atoms with Gasteiger partial charge in [-0.05, 0) is 18.2 Å². The van der Waals surface area contributed by atoms with E-state index in [0.717, 1.165) is 37.6 Å². The highest BCUT2D eigenvalue weighted by molar-refractivity contribution is 5.20. The molecule has 0 spiro atoms. The van der Waals surface area contributed by atoms with Crippen molar-refractivity contribution in [2.75, 3.05) is 6.54 Å². The van der Waals surface area contributed by atoms with Crippen LogP contribution in [-0.4, -0.2) is 21.1 Å². The van der Waals surface area contributed by atoms with Gasteiger partial charge in [0, 0.05) is 31.6 Å². The van der Waals surface area contributed by atoms with Crippen molar-refractivity contribution < 1.29 is 0 Å². The Morgan fingerprint density at radius 1 is 1.22 bits per heavy atom. The van der Waals surface area contributed by atoms with Crippen LogP contribution < -0.4 is 5.32 Å². The van der Waals surface area contributed by atoms with Gasteiger partial charge in [-0.3, -0.25) is 4.98 Å². The number of rotatable bonds is 6. The first-order valence-corrected chi connectivity index (χ1v) is 6.48.